The van der Waals surface area contributed by atoms with Crippen LogP contribution in [0.4, 0.5) is 4.79 Å². The Morgan fingerprint density at radius 2 is 2.15 bits per heavy atom. The van der Waals surface area contributed by atoms with Gasteiger partial charge in [0, 0.05) is 20.2 Å². The van der Waals surface area contributed by atoms with Gasteiger partial charge in [0.15, 0.2) is 0 Å². The zero-order chi connectivity index (χ0) is 15.1. The largest absolute Gasteiger partial charge is 0.480 e. The summed E-state index contributed by atoms with van der Waals surface area (Å²) < 4.78 is 4.80. The van der Waals surface area contributed by atoms with Crippen molar-refractivity contribution in [2.45, 2.75) is 31.8 Å². The van der Waals surface area contributed by atoms with Crippen LogP contribution in [0.5, 0.6) is 0 Å². The summed E-state index contributed by atoms with van der Waals surface area (Å²) in [5.41, 5.74) is 0. The van der Waals surface area contributed by atoms with Crippen molar-refractivity contribution < 1.29 is 24.2 Å². The minimum atomic E-state index is -1.02. The number of nitrogens with one attached hydrogen (secondary N) is 2. The number of likely N-dealkylation sites (tertiary alicyclic amines) is 1. The smallest absolute Gasteiger partial charge is 0.326 e. The number of urea groups is 1. The van der Waals surface area contributed by atoms with Gasteiger partial charge < -0.3 is 25.4 Å². The van der Waals surface area contributed by atoms with Gasteiger partial charge in [0.05, 0.1) is 6.61 Å². The molecule has 0 radical (unpaired) electrons. The number of rotatable bonds is 6. The molecule has 0 bridgehead atoms. The van der Waals surface area contributed by atoms with Crippen molar-refractivity contribution in [1.82, 2.24) is 15.5 Å². The van der Waals surface area contributed by atoms with Gasteiger partial charge in [0.1, 0.15) is 12.1 Å². The fourth-order valence-corrected chi connectivity index (χ4v) is 2.03. The third-order valence-corrected chi connectivity index (χ3v) is 3.14. The van der Waals surface area contributed by atoms with Crippen molar-refractivity contribution in [3.05, 3.63) is 0 Å². The minimum Gasteiger partial charge on any atom is -0.480 e. The topological polar surface area (TPSA) is 108 Å². The van der Waals surface area contributed by atoms with E-state index in [4.69, 9.17) is 9.84 Å². The summed E-state index contributed by atoms with van der Waals surface area (Å²) in [5, 5.41) is 14.1. The van der Waals surface area contributed by atoms with Crippen LogP contribution in [0.3, 0.4) is 0 Å². The molecule has 1 rings (SSSR count). The molecule has 1 aliphatic rings. The van der Waals surface area contributed by atoms with Gasteiger partial charge in [-0.2, -0.15) is 0 Å². The van der Waals surface area contributed by atoms with Gasteiger partial charge in [-0.15, -0.1) is 0 Å². The molecule has 3 N–H and O–H groups in total. The standard InChI is InChI=1S/C12H21N3O5/c1-8(10(16)13-5-7-20-2)14-12(19)15-6-3-4-9(15)11(17)18/h8-9H,3-7H2,1-2H3,(H,13,16)(H,14,19)(H,17,18). The van der Waals surface area contributed by atoms with Crippen LogP contribution in [0, 0.1) is 0 Å². The predicted octanol–water partition coefficient (Wildman–Crippen LogP) is -0.604. The van der Waals surface area contributed by atoms with E-state index in [1.54, 1.807) is 6.92 Å². The van der Waals surface area contributed by atoms with E-state index in [1.165, 1.54) is 12.0 Å². The summed E-state index contributed by atoms with van der Waals surface area (Å²) >= 11 is 0. The average molecular weight is 287 g/mol. The van der Waals surface area contributed by atoms with Crippen LogP contribution >= 0.6 is 0 Å². The molecule has 0 spiro atoms. The molecule has 2 atom stereocenters. The monoisotopic (exact) mass is 287 g/mol. The summed E-state index contributed by atoms with van der Waals surface area (Å²) in [6.07, 6.45) is 1.09. The quantitative estimate of drug-likeness (QED) is 0.565. The maximum atomic E-state index is 12.0. The molecular weight excluding hydrogens is 266 g/mol. The van der Waals surface area contributed by atoms with Gasteiger partial charge in [0.25, 0.3) is 0 Å². The first-order chi connectivity index (χ1) is 9.47. The van der Waals surface area contributed by atoms with E-state index in [0.717, 1.165) is 0 Å². The van der Waals surface area contributed by atoms with Gasteiger partial charge in [-0.25, -0.2) is 9.59 Å². The van der Waals surface area contributed by atoms with Crippen LogP contribution in [-0.2, 0) is 14.3 Å². The maximum Gasteiger partial charge on any atom is 0.326 e. The van der Waals surface area contributed by atoms with Gasteiger partial charge in [-0.1, -0.05) is 0 Å². The lowest BCUT2D eigenvalue weighted by molar-refractivity contribution is -0.141. The highest BCUT2D eigenvalue weighted by Crippen LogP contribution is 2.17. The summed E-state index contributed by atoms with van der Waals surface area (Å²) in [5.74, 6) is -1.35. The summed E-state index contributed by atoms with van der Waals surface area (Å²) in [4.78, 5) is 35.9. The van der Waals surface area contributed by atoms with Crippen molar-refractivity contribution in [3.63, 3.8) is 0 Å². The van der Waals surface area contributed by atoms with Gasteiger partial charge in [-0.05, 0) is 19.8 Å². The second-order valence-corrected chi connectivity index (χ2v) is 4.64. The molecule has 0 aromatic carbocycles. The van der Waals surface area contributed by atoms with Gasteiger partial charge in [0.2, 0.25) is 5.91 Å². The number of hydrogen-bond donors (Lipinski definition) is 3. The molecule has 1 saturated heterocycles. The molecule has 114 valence electrons. The van der Waals surface area contributed by atoms with E-state index in [-0.39, 0.29) is 5.91 Å². The number of amides is 3. The highest BCUT2D eigenvalue weighted by molar-refractivity contribution is 5.88. The number of carbonyl (C=O) groups excluding carboxylic acids is 2. The van der Waals surface area contributed by atoms with E-state index < -0.39 is 24.1 Å². The third kappa shape index (κ3) is 4.37. The molecule has 0 aromatic rings. The number of nitrogens with zero attached hydrogens (tertiary/aromatic N) is 1. The van der Waals surface area contributed by atoms with Crippen LogP contribution in [0.1, 0.15) is 19.8 Å². The van der Waals surface area contributed by atoms with Crippen LogP contribution in [0.25, 0.3) is 0 Å². The molecule has 8 nitrogen and oxygen atoms in total. The molecule has 8 heteroatoms. The Morgan fingerprint density at radius 3 is 2.75 bits per heavy atom. The van der Waals surface area contributed by atoms with E-state index in [1.807, 2.05) is 0 Å². The molecule has 0 aliphatic carbocycles. The Hall–Kier alpha value is -1.83. The first kappa shape index (κ1) is 16.2. The van der Waals surface area contributed by atoms with E-state index in [9.17, 15) is 14.4 Å². The number of carbonyl (C=O) groups is 3. The zero-order valence-corrected chi connectivity index (χ0v) is 11.7. The van der Waals surface area contributed by atoms with E-state index >= 15 is 0 Å². The van der Waals surface area contributed by atoms with Crippen LogP contribution in [-0.4, -0.2) is 66.8 Å². The normalized spacial score (nSPS) is 19.5. The lowest BCUT2D eigenvalue weighted by atomic mass is 10.2. The van der Waals surface area contributed by atoms with Crippen molar-refractivity contribution in [3.8, 4) is 0 Å². The number of methoxy groups -OCH3 is 1. The Balaban J connectivity index is 2.44. The highest BCUT2D eigenvalue weighted by Gasteiger charge is 2.34. The van der Waals surface area contributed by atoms with Crippen molar-refractivity contribution in [2.24, 2.45) is 0 Å². The summed E-state index contributed by atoms with van der Waals surface area (Å²) in [6.45, 7) is 2.68. The van der Waals surface area contributed by atoms with Crippen LogP contribution in [0.15, 0.2) is 0 Å². The fraction of sp³-hybridized carbons (Fsp3) is 0.750. The van der Waals surface area contributed by atoms with Crippen molar-refractivity contribution in [2.75, 3.05) is 26.8 Å². The number of carboxylic acids is 1. The second kappa shape index (κ2) is 7.68. The molecule has 0 aromatic heterocycles. The molecule has 2 unspecified atom stereocenters. The molecule has 1 aliphatic heterocycles. The lowest BCUT2D eigenvalue weighted by Gasteiger charge is -2.24. The number of hydrogen-bond acceptors (Lipinski definition) is 4. The summed E-state index contributed by atoms with van der Waals surface area (Å²) in [6, 6.07) is -2.06. The molecular formula is C12H21N3O5. The second-order valence-electron chi connectivity index (χ2n) is 4.64. The molecule has 3 amide bonds. The first-order valence-electron chi connectivity index (χ1n) is 6.54. The Labute approximate surface area is 117 Å². The van der Waals surface area contributed by atoms with Crippen molar-refractivity contribution >= 4 is 17.9 Å². The number of aliphatic carboxylic acids is 1. The zero-order valence-electron chi connectivity index (χ0n) is 11.7. The minimum absolute atomic E-state index is 0.332. The molecule has 20 heavy (non-hydrogen) atoms. The first-order valence-corrected chi connectivity index (χ1v) is 6.54. The molecule has 0 saturated carbocycles. The fourth-order valence-electron chi connectivity index (χ4n) is 2.03. The highest BCUT2D eigenvalue weighted by atomic mass is 16.5. The maximum absolute atomic E-state index is 12.0. The van der Waals surface area contributed by atoms with E-state index in [2.05, 4.69) is 10.6 Å². The Kier molecular flexibility index (Phi) is 6.23. The average Bonchev–Trinajstić information content (AvgIpc) is 2.88. The molecule has 1 heterocycles. The predicted molar refractivity (Wildman–Crippen MR) is 70.2 cm³/mol. The van der Waals surface area contributed by atoms with Crippen molar-refractivity contribution in [1.29, 1.82) is 0 Å². The SMILES string of the molecule is COCCNC(=O)C(C)NC(=O)N1CCCC1C(=O)O. The lowest BCUT2D eigenvalue weighted by Crippen LogP contribution is -2.52. The van der Waals surface area contributed by atoms with Crippen LogP contribution < -0.4 is 10.6 Å². The summed E-state index contributed by atoms with van der Waals surface area (Å²) in [7, 11) is 1.52. The van der Waals surface area contributed by atoms with Gasteiger partial charge in [-0.3, -0.25) is 4.79 Å². The number of ether oxygens (including phenoxy) is 1. The third-order valence-electron chi connectivity index (χ3n) is 3.14. The van der Waals surface area contributed by atoms with Gasteiger partial charge >= 0.3 is 12.0 Å². The van der Waals surface area contributed by atoms with E-state index in [0.29, 0.717) is 32.5 Å². The van der Waals surface area contributed by atoms with Crippen LogP contribution in [0.2, 0.25) is 0 Å². The molecule has 1 fully saturated rings. The Morgan fingerprint density at radius 1 is 1.45 bits per heavy atom. The number of carboxylic acid groups (broad SMARTS) is 1. The Bertz CT molecular complexity index is 374.